The van der Waals surface area contributed by atoms with E-state index in [0.717, 1.165) is 48.5 Å². The molecule has 0 spiro atoms. The van der Waals surface area contributed by atoms with Crippen molar-refractivity contribution in [1.82, 2.24) is 9.13 Å². The molecule has 0 fully saturated rings. The first-order valence-corrected chi connectivity index (χ1v) is 8.72. The van der Waals surface area contributed by atoms with Gasteiger partial charge in [-0.1, -0.05) is 24.3 Å². The molecular weight excluding hydrogens is 430 g/mol. The van der Waals surface area contributed by atoms with Gasteiger partial charge in [0, 0.05) is 11.1 Å². The number of nitrogens with zero attached hydrogens (tertiary/aromatic N) is 2. The standard InChI is InChI=1S/C20H14F6N2O3/c21-14-5-1-12(2-6-14)19(23,24)10-27-16(29)9-17(30)28(18(27)31)11-20(25,26)13-3-7-15(22)8-4-13/h1-9,29H,10-11H2. The van der Waals surface area contributed by atoms with Gasteiger partial charge in [0.15, 0.2) is 0 Å². The van der Waals surface area contributed by atoms with Crippen LogP contribution in [-0.2, 0) is 24.9 Å². The zero-order valence-electron chi connectivity index (χ0n) is 15.5. The lowest BCUT2D eigenvalue weighted by Crippen LogP contribution is -2.44. The molecule has 0 aliphatic heterocycles. The molecule has 11 heteroatoms. The molecule has 0 unspecified atom stereocenters. The third-order valence-corrected chi connectivity index (χ3v) is 4.50. The molecule has 0 saturated heterocycles. The van der Waals surface area contributed by atoms with Crippen molar-refractivity contribution in [3.05, 3.63) is 98.2 Å². The minimum Gasteiger partial charge on any atom is -0.494 e. The normalized spacial score (nSPS) is 12.2. The van der Waals surface area contributed by atoms with Crippen molar-refractivity contribution in [2.75, 3.05) is 0 Å². The molecule has 0 atom stereocenters. The Kier molecular flexibility index (Phi) is 5.70. The Morgan fingerprint density at radius 2 is 1.10 bits per heavy atom. The van der Waals surface area contributed by atoms with Crippen LogP contribution in [0.5, 0.6) is 5.88 Å². The Bertz CT molecular complexity index is 1200. The molecule has 1 N–H and O–H groups in total. The van der Waals surface area contributed by atoms with E-state index in [4.69, 9.17) is 0 Å². The number of hydrogen-bond donors (Lipinski definition) is 1. The summed E-state index contributed by atoms with van der Waals surface area (Å²) in [6.45, 7) is -3.02. The molecule has 0 amide bonds. The predicted octanol–water partition coefficient (Wildman–Crippen LogP) is 3.58. The summed E-state index contributed by atoms with van der Waals surface area (Å²) in [6, 6.07) is 6.40. The Morgan fingerprint density at radius 3 is 1.52 bits per heavy atom. The highest BCUT2D eigenvalue weighted by molar-refractivity contribution is 5.22. The predicted molar refractivity (Wildman–Crippen MR) is 97.2 cm³/mol. The average Bonchev–Trinajstić information content (AvgIpc) is 2.69. The number of aromatic nitrogens is 2. The Labute approximate surface area is 170 Å². The SMILES string of the molecule is O=c1cc(O)n(CC(F)(F)c2ccc(F)cc2)c(=O)n1CC(F)(F)c1ccc(F)cc1. The second kappa shape index (κ2) is 7.97. The maximum Gasteiger partial charge on any atom is 0.334 e. The van der Waals surface area contributed by atoms with Gasteiger partial charge in [-0.15, -0.1) is 0 Å². The van der Waals surface area contributed by atoms with E-state index in [1.807, 2.05) is 0 Å². The van der Waals surface area contributed by atoms with Crippen LogP contribution >= 0.6 is 0 Å². The molecule has 1 heterocycles. The quantitative estimate of drug-likeness (QED) is 0.592. The smallest absolute Gasteiger partial charge is 0.334 e. The van der Waals surface area contributed by atoms with Crippen molar-refractivity contribution in [2.24, 2.45) is 0 Å². The second-order valence-electron chi connectivity index (χ2n) is 6.72. The summed E-state index contributed by atoms with van der Waals surface area (Å²) in [6.07, 6.45) is 0. The van der Waals surface area contributed by atoms with Crippen LogP contribution in [0, 0.1) is 11.6 Å². The maximum absolute atomic E-state index is 14.5. The van der Waals surface area contributed by atoms with Crippen molar-refractivity contribution in [3.8, 4) is 5.88 Å². The van der Waals surface area contributed by atoms with Gasteiger partial charge in [-0.2, -0.15) is 17.6 Å². The van der Waals surface area contributed by atoms with E-state index in [0.29, 0.717) is 6.07 Å². The van der Waals surface area contributed by atoms with E-state index in [1.54, 1.807) is 0 Å². The first kappa shape index (κ1) is 22.2. The monoisotopic (exact) mass is 444 g/mol. The fourth-order valence-electron chi connectivity index (χ4n) is 2.87. The summed E-state index contributed by atoms with van der Waals surface area (Å²) < 4.78 is 84.1. The molecule has 164 valence electrons. The van der Waals surface area contributed by atoms with Crippen LogP contribution in [0.15, 0.2) is 64.2 Å². The number of rotatable bonds is 6. The van der Waals surface area contributed by atoms with Crippen LogP contribution < -0.4 is 11.2 Å². The van der Waals surface area contributed by atoms with E-state index in [1.165, 1.54) is 0 Å². The summed E-state index contributed by atoms with van der Waals surface area (Å²) in [5.41, 5.74) is -4.36. The summed E-state index contributed by atoms with van der Waals surface area (Å²) in [4.78, 5) is 24.5. The fraction of sp³-hybridized carbons (Fsp3) is 0.200. The van der Waals surface area contributed by atoms with Gasteiger partial charge < -0.3 is 5.11 Å². The molecule has 1 aromatic heterocycles. The molecule has 2 aromatic carbocycles. The van der Waals surface area contributed by atoms with Crippen LogP contribution in [0.3, 0.4) is 0 Å². The van der Waals surface area contributed by atoms with E-state index < -0.39 is 64.8 Å². The van der Waals surface area contributed by atoms with E-state index in [-0.39, 0.29) is 9.13 Å². The van der Waals surface area contributed by atoms with Crippen molar-refractivity contribution in [2.45, 2.75) is 24.9 Å². The summed E-state index contributed by atoms with van der Waals surface area (Å²) in [7, 11) is 0. The van der Waals surface area contributed by atoms with Crippen LogP contribution in [0.2, 0.25) is 0 Å². The van der Waals surface area contributed by atoms with Gasteiger partial charge in [0.25, 0.3) is 17.4 Å². The molecule has 0 saturated carbocycles. The number of halogens is 6. The van der Waals surface area contributed by atoms with Crippen molar-refractivity contribution in [3.63, 3.8) is 0 Å². The van der Waals surface area contributed by atoms with Crippen LogP contribution in [-0.4, -0.2) is 14.2 Å². The topological polar surface area (TPSA) is 64.2 Å². The minimum atomic E-state index is -3.83. The first-order chi connectivity index (χ1) is 14.4. The molecule has 0 aliphatic carbocycles. The number of hydrogen-bond acceptors (Lipinski definition) is 3. The molecule has 3 aromatic rings. The minimum absolute atomic E-state index is 0.0101. The van der Waals surface area contributed by atoms with Crippen molar-refractivity contribution >= 4 is 0 Å². The van der Waals surface area contributed by atoms with Gasteiger partial charge in [0.1, 0.15) is 11.6 Å². The maximum atomic E-state index is 14.5. The third kappa shape index (κ3) is 4.65. The molecule has 0 aliphatic rings. The van der Waals surface area contributed by atoms with Gasteiger partial charge in [-0.3, -0.25) is 13.9 Å². The van der Waals surface area contributed by atoms with E-state index >= 15 is 0 Å². The number of benzene rings is 2. The van der Waals surface area contributed by atoms with Gasteiger partial charge in [0.05, 0.1) is 19.2 Å². The number of aromatic hydroxyl groups is 1. The number of alkyl halides is 4. The Morgan fingerprint density at radius 1 is 0.710 bits per heavy atom. The molecule has 31 heavy (non-hydrogen) atoms. The van der Waals surface area contributed by atoms with Crippen molar-refractivity contribution < 1.29 is 31.4 Å². The molecule has 0 bridgehead atoms. The van der Waals surface area contributed by atoms with E-state index in [2.05, 4.69) is 0 Å². The van der Waals surface area contributed by atoms with Crippen molar-refractivity contribution in [1.29, 1.82) is 0 Å². The lowest BCUT2D eigenvalue weighted by atomic mass is 10.1. The highest BCUT2D eigenvalue weighted by Crippen LogP contribution is 2.31. The van der Waals surface area contributed by atoms with E-state index in [9.17, 15) is 41.0 Å². The molecule has 0 radical (unpaired) electrons. The Hall–Kier alpha value is -3.50. The summed E-state index contributed by atoms with van der Waals surface area (Å²) >= 11 is 0. The molecule has 5 nitrogen and oxygen atoms in total. The Balaban J connectivity index is 2.00. The largest absolute Gasteiger partial charge is 0.494 e. The lowest BCUT2D eigenvalue weighted by Gasteiger charge is -2.21. The van der Waals surface area contributed by atoms with Crippen LogP contribution in [0.1, 0.15) is 11.1 Å². The summed E-state index contributed by atoms with van der Waals surface area (Å²) in [5, 5.41) is 9.82. The third-order valence-electron chi connectivity index (χ3n) is 4.50. The highest BCUT2D eigenvalue weighted by Gasteiger charge is 2.36. The van der Waals surface area contributed by atoms with Gasteiger partial charge in [-0.25, -0.2) is 13.6 Å². The second-order valence-corrected chi connectivity index (χ2v) is 6.72. The van der Waals surface area contributed by atoms with Gasteiger partial charge >= 0.3 is 5.69 Å². The highest BCUT2D eigenvalue weighted by atomic mass is 19.3. The average molecular weight is 444 g/mol. The zero-order valence-corrected chi connectivity index (χ0v) is 15.5. The zero-order chi connectivity index (χ0) is 23.0. The van der Waals surface area contributed by atoms with Gasteiger partial charge in [-0.05, 0) is 24.3 Å². The van der Waals surface area contributed by atoms with Gasteiger partial charge in [0.2, 0.25) is 5.88 Å². The fourth-order valence-corrected chi connectivity index (χ4v) is 2.87. The summed E-state index contributed by atoms with van der Waals surface area (Å²) in [5.74, 6) is -10.4. The van der Waals surface area contributed by atoms with Crippen LogP contribution in [0.25, 0.3) is 0 Å². The lowest BCUT2D eigenvalue weighted by molar-refractivity contribution is -0.0315. The van der Waals surface area contributed by atoms with Crippen LogP contribution in [0.4, 0.5) is 26.3 Å². The first-order valence-electron chi connectivity index (χ1n) is 8.72. The molecular formula is C20H14F6N2O3. The molecule has 3 rings (SSSR count).